The summed E-state index contributed by atoms with van der Waals surface area (Å²) in [5, 5.41) is 33.7. The Morgan fingerprint density at radius 3 is 1.10 bits per heavy atom. The van der Waals surface area contributed by atoms with Crippen molar-refractivity contribution in [3.05, 3.63) is 348 Å². The van der Waals surface area contributed by atoms with E-state index in [0.29, 0.717) is 28.1 Å². The molecule has 16 heteroatoms. The molecular weight excluding hydrogens is 1680 g/mol. The Labute approximate surface area is 777 Å². The number of furan rings is 4. The first kappa shape index (κ1) is 89.3. The molecule has 12 aromatic carbocycles. The number of nitrogens with zero attached hydrogens (tertiary/aromatic N) is 8. The molecule has 0 atom stereocenters. The Kier molecular flexibility index (Phi) is 23.9. The monoisotopic (exact) mass is 1790 g/mol. The predicted octanol–water partition coefficient (Wildman–Crippen LogP) is 27.2. The summed E-state index contributed by atoms with van der Waals surface area (Å²) in [6.07, 6.45) is 8.17. The van der Waals surface area contributed by atoms with Gasteiger partial charge in [0, 0.05) is 97.2 Å². The molecule has 20 aromatic rings. The van der Waals surface area contributed by atoms with Crippen LogP contribution in [0.2, 0.25) is 78.6 Å². The van der Waals surface area contributed by atoms with Crippen molar-refractivity contribution in [2.75, 3.05) is 0 Å². The van der Waals surface area contributed by atoms with Gasteiger partial charge in [-0.3, -0.25) is 0 Å². The highest BCUT2D eigenvalue weighted by Gasteiger charge is 2.30. The van der Waals surface area contributed by atoms with Crippen LogP contribution in [0.3, 0.4) is 0 Å². The number of benzene rings is 12. The van der Waals surface area contributed by atoms with Gasteiger partial charge in [0.1, 0.15) is 73.3 Å². The molecule has 8 aromatic heterocycles. The largest absolute Gasteiger partial charge is 0.466 e. The number of fused-ring (bicyclic) bond motifs is 12. The number of hydrogen-bond donors (Lipinski definition) is 0. The van der Waals surface area contributed by atoms with E-state index in [1.54, 1.807) is 0 Å². The molecule has 0 amide bonds. The fourth-order valence-electron chi connectivity index (χ4n) is 18.3. The third kappa shape index (κ3) is 16.9. The number of aryl methyl sites for hydroxylation is 8. The first-order chi connectivity index (χ1) is 63.1. The average molecular weight is 1790 g/mol. The van der Waals surface area contributed by atoms with E-state index in [2.05, 4.69) is 347 Å². The van der Waals surface area contributed by atoms with Crippen molar-refractivity contribution in [2.24, 2.45) is 28.2 Å². The van der Waals surface area contributed by atoms with Crippen LogP contribution in [0, 0.1) is 63.5 Å². The molecule has 132 heavy (non-hydrogen) atoms. The Bertz CT molecular complexity index is 8070. The lowest BCUT2D eigenvalue weighted by Crippen LogP contribution is -2.37. The second-order valence-electron chi connectivity index (χ2n) is 39.0. The van der Waals surface area contributed by atoms with Crippen molar-refractivity contribution in [3.8, 4) is 102 Å². The van der Waals surface area contributed by atoms with Gasteiger partial charge in [0.2, 0.25) is 28.5 Å². The second kappa shape index (κ2) is 35.3. The van der Waals surface area contributed by atoms with Gasteiger partial charge in [0.05, 0.1) is 84.9 Å². The lowest BCUT2D eigenvalue weighted by molar-refractivity contribution is -0.660. The van der Waals surface area contributed by atoms with Gasteiger partial charge in [-0.1, -0.05) is 245 Å². The molecule has 0 spiro atoms. The van der Waals surface area contributed by atoms with Crippen LogP contribution in [0.25, 0.3) is 187 Å². The molecule has 0 aliphatic carbocycles. The fraction of sp³-hybridized carbons (Fsp3) is 0.172. The smallest absolute Gasteiger partial charge is 0.230 e. The zero-order valence-electron chi connectivity index (χ0n) is 78.9. The van der Waals surface area contributed by atoms with Crippen LogP contribution in [-0.4, -0.2) is 32.3 Å². The minimum Gasteiger partial charge on any atom is -0.466 e. The van der Waals surface area contributed by atoms with Crippen LogP contribution in [0.4, 0.5) is 11.4 Å². The van der Waals surface area contributed by atoms with E-state index < -0.39 is 32.3 Å². The SMILES string of the molecule is Cc1cc(C#N)c2c(oc3cc(-c4ccc([Si](C)(C)C)cc4)ccc32)c1-c1cccc[n+]1C.Cc1ccc2c(oc3ccc(-c4ccc([Si](C)(C)C)cc4)c(C#N)c32)c1-c1cccc[n+]1C.[C-]#[N+]c1cc(-c2ccc([Si](C)(C)C)cc2)cc2c1oc1c(-c3cccc[n+]3C)c(C)ccc12.[C-]#[N+]c1cc2oc3c(-c4cccc[n+]4C)c(C)ccc3c2cc1-c1ccc([Si](C)(C)C)cc1. The maximum absolute atomic E-state index is 10.2. The van der Waals surface area contributed by atoms with E-state index in [1.807, 2.05) is 119 Å². The molecule has 648 valence electrons. The van der Waals surface area contributed by atoms with Crippen LogP contribution in [0.15, 0.2) is 309 Å². The van der Waals surface area contributed by atoms with Gasteiger partial charge in [-0.2, -0.15) is 10.5 Å². The van der Waals surface area contributed by atoms with E-state index in [4.69, 9.17) is 30.8 Å². The second-order valence-corrected chi connectivity index (χ2v) is 59.3. The van der Waals surface area contributed by atoms with Crippen molar-refractivity contribution >= 4 is 152 Å². The van der Waals surface area contributed by atoms with Gasteiger partial charge in [0.25, 0.3) is 0 Å². The number of aromatic nitrogens is 4. The molecule has 0 N–H and O–H groups in total. The molecule has 12 nitrogen and oxygen atoms in total. The van der Waals surface area contributed by atoms with Gasteiger partial charge in [0.15, 0.2) is 36.1 Å². The van der Waals surface area contributed by atoms with E-state index >= 15 is 0 Å². The maximum atomic E-state index is 10.2. The van der Waals surface area contributed by atoms with Crippen molar-refractivity contribution in [3.63, 3.8) is 0 Å². The quantitative estimate of drug-likeness (QED) is 0.0682. The standard InChI is InChI=1S/4C29H27N2OSi/c1-19-10-15-23-24-17-21(20-11-13-22(14-12-20)33(4,5)6)18-25(30-2)28(24)32-29(23)27(19)26-9-7-8-16-31(26)3;1-19-10-15-22-24-17-23(20-11-13-21(14-12-20)33(4,5)6)25(30-2)18-27(24)32-29(22)28(19)26-9-7-8-16-31(26)3;1-19-9-14-23-28-24(18-30)22(20-10-12-21(13-11-20)33(3,4)5)15-16-26(28)32-29(23)27(19)25-8-6-7-17-31(25)2;1-19-16-22(18-30)28-24-14-11-21(20-9-12-23(13-10-20)33(3,4)5)17-26(24)32-29(28)27(19)25-8-6-7-15-31(25)2/h2*7-18H,1,3-6H3;2*6-17H,1-5H3/q4*+1. The first-order valence-corrected chi connectivity index (χ1v) is 58.9. The van der Waals surface area contributed by atoms with E-state index in [1.165, 1.54) is 26.3 Å². The molecule has 0 aliphatic rings. The van der Waals surface area contributed by atoms with Crippen LogP contribution >= 0.6 is 0 Å². The zero-order chi connectivity index (χ0) is 93.3. The molecule has 0 bridgehead atoms. The minimum atomic E-state index is -1.38. The van der Waals surface area contributed by atoms with Crippen molar-refractivity contribution in [1.82, 2.24) is 0 Å². The highest BCUT2D eigenvalue weighted by molar-refractivity contribution is 6.90. The molecule has 20 rings (SSSR count). The van der Waals surface area contributed by atoms with Gasteiger partial charge in [-0.15, -0.1) is 0 Å². The van der Waals surface area contributed by atoms with Crippen molar-refractivity contribution in [2.45, 2.75) is 106 Å². The lowest BCUT2D eigenvalue weighted by atomic mass is 9.94. The van der Waals surface area contributed by atoms with Crippen LogP contribution < -0.4 is 39.0 Å². The Hall–Kier alpha value is -14.7. The van der Waals surface area contributed by atoms with Crippen molar-refractivity contribution < 1.29 is 35.9 Å². The highest BCUT2D eigenvalue weighted by atomic mass is 28.3. The van der Waals surface area contributed by atoms with E-state index in [-0.39, 0.29) is 0 Å². The summed E-state index contributed by atoms with van der Waals surface area (Å²) in [5.74, 6) is 0. The topological polar surface area (TPSA) is 124 Å². The Morgan fingerprint density at radius 2 is 0.659 bits per heavy atom. The number of nitriles is 2. The molecule has 0 radical (unpaired) electrons. The average Bonchev–Trinajstić information content (AvgIpc) is 1.76. The van der Waals surface area contributed by atoms with Gasteiger partial charge in [-0.05, 0) is 162 Å². The Balaban J connectivity index is 0.000000123. The third-order valence-corrected chi connectivity index (χ3v) is 34.1. The number of hydrogen-bond acceptors (Lipinski definition) is 6. The number of rotatable bonds is 12. The molecule has 0 fully saturated rings. The summed E-state index contributed by atoms with van der Waals surface area (Å²) in [6.45, 7) is 52.3. The molecule has 0 aliphatic heterocycles. The Morgan fingerprint density at radius 1 is 0.280 bits per heavy atom. The zero-order valence-corrected chi connectivity index (χ0v) is 82.9. The summed E-state index contributed by atoms with van der Waals surface area (Å²) in [4.78, 5) is 7.68. The van der Waals surface area contributed by atoms with Gasteiger partial charge < -0.3 is 17.7 Å². The maximum Gasteiger partial charge on any atom is 0.230 e. The minimum absolute atomic E-state index is 0.550. The van der Waals surface area contributed by atoms with Crippen LogP contribution in [0.5, 0.6) is 0 Å². The van der Waals surface area contributed by atoms with Crippen LogP contribution in [0.1, 0.15) is 33.4 Å². The van der Waals surface area contributed by atoms with E-state index in [9.17, 15) is 10.5 Å². The fourth-order valence-corrected chi connectivity index (χ4v) is 23.0. The first-order valence-electron chi connectivity index (χ1n) is 44.9. The van der Waals surface area contributed by atoms with Crippen LogP contribution in [-0.2, 0) is 28.2 Å². The molecule has 8 heterocycles. The summed E-state index contributed by atoms with van der Waals surface area (Å²) in [6, 6.07) is 98.1. The predicted molar refractivity (Wildman–Crippen MR) is 556 cm³/mol. The third-order valence-electron chi connectivity index (χ3n) is 25.9. The lowest BCUT2D eigenvalue weighted by Gasteiger charge is -2.17. The summed E-state index contributed by atoms with van der Waals surface area (Å²) >= 11 is 0. The summed E-state index contributed by atoms with van der Waals surface area (Å²) < 4.78 is 34.2. The summed E-state index contributed by atoms with van der Waals surface area (Å²) in [7, 11) is 2.72. The molecule has 0 saturated carbocycles. The number of pyridine rings is 4. The normalized spacial score (nSPS) is 11.8. The molecule has 0 saturated heterocycles. The van der Waals surface area contributed by atoms with Crippen molar-refractivity contribution in [1.29, 1.82) is 10.5 Å². The summed E-state index contributed by atoms with van der Waals surface area (Å²) in [5.41, 5.74) is 30.3. The van der Waals surface area contributed by atoms with E-state index in [0.717, 1.165) is 188 Å². The highest BCUT2D eigenvalue weighted by Crippen LogP contribution is 2.47. The molecule has 0 unspecified atom stereocenters. The molecular formula is C116H108N8O4Si4+4. The van der Waals surface area contributed by atoms with Gasteiger partial charge in [-0.25, -0.2) is 28.0 Å². The van der Waals surface area contributed by atoms with Gasteiger partial charge >= 0.3 is 0 Å².